The summed E-state index contributed by atoms with van der Waals surface area (Å²) in [5, 5.41) is 9.69. The molecule has 0 amide bonds. The van der Waals surface area contributed by atoms with Gasteiger partial charge in [0.25, 0.3) is 0 Å². The summed E-state index contributed by atoms with van der Waals surface area (Å²) in [7, 11) is 1.63. The van der Waals surface area contributed by atoms with Crippen molar-refractivity contribution in [1.82, 2.24) is 0 Å². The van der Waals surface area contributed by atoms with Gasteiger partial charge in [-0.3, -0.25) is 0 Å². The SMILES string of the molecule is C=C(C)c1ccc(C)c(-c2cc(O)ccc2OC)c1.[V]. The number of benzene rings is 2. The van der Waals surface area contributed by atoms with Crippen LogP contribution in [-0.4, -0.2) is 12.2 Å². The predicted molar refractivity (Wildman–Crippen MR) is 79.5 cm³/mol. The van der Waals surface area contributed by atoms with Crippen LogP contribution in [0.3, 0.4) is 0 Å². The van der Waals surface area contributed by atoms with Gasteiger partial charge in [-0.15, -0.1) is 0 Å². The molecular weight excluding hydrogens is 287 g/mol. The first-order chi connectivity index (χ1) is 9.02. The Bertz CT molecular complexity index is 633. The molecule has 1 radical (unpaired) electrons. The zero-order valence-corrected chi connectivity index (χ0v) is 13.4. The first-order valence-electron chi connectivity index (χ1n) is 6.17. The van der Waals surface area contributed by atoms with Crippen molar-refractivity contribution in [2.24, 2.45) is 0 Å². The topological polar surface area (TPSA) is 29.5 Å². The van der Waals surface area contributed by atoms with Gasteiger partial charge in [0.1, 0.15) is 11.5 Å². The van der Waals surface area contributed by atoms with E-state index in [1.807, 2.05) is 13.8 Å². The summed E-state index contributed by atoms with van der Waals surface area (Å²) < 4.78 is 5.38. The van der Waals surface area contributed by atoms with E-state index in [0.717, 1.165) is 33.6 Å². The number of aryl methyl sites for hydroxylation is 1. The molecule has 3 heteroatoms. The summed E-state index contributed by atoms with van der Waals surface area (Å²) >= 11 is 0. The van der Waals surface area contributed by atoms with Gasteiger partial charge < -0.3 is 9.84 Å². The van der Waals surface area contributed by atoms with Gasteiger partial charge in [0.15, 0.2) is 0 Å². The number of hydrogen-bond donors (Lipinski definition) is 1. The standard InChI is InChI=1S/C17H18O2.V/c1-11(2)13-6-5-12(3)15(9-13)16-10-14(18)7-8-17(16)19-4;/h5-10,18H,1H2,2-4H3;. The quantitative estimate of drug-likeness (QED) is 0.910. The van der Waals surface area contributed by atoms with E-state index < -0.39 is 0 Å². The van der Waals surface area contributed by atoms with Crippen LogP contribution in [-0.2, 0) is 18.6 Å². The van der Waals surface area contributed by atoms with Crippen LogP contribution >= 0.6 is 0 Å². The maximum absolute atomic E-state index is 9.69. The van der Waals surface area contributed by atoms with Gasteiger partial charge >= 0.3 is 0 Å². The summed E-state index contributed by atoms with van der Waals surface area (Å²) in [6, 6.07) is 11.3. The molecular formula is C17H18O2V. The molecule has 0 aromatic heterocycles. The fourth-order valence-corrected chi connectivity index (χ4v) is 2.08. The number of phenolic OH excluding ortho intramolecular Hbond substituents is 1. The summed E-state index contributed by atoms with van der Waals surface area (Å²) in [4.78, 5) is 0. The number of hydrogen-bond acceptors (Lipinski definition) is 2. The van der Waals surface area contributed by atoms with Crippen molar-refractivity contribution in [3.63, 3.8) is 0 Å². The van der Waals surface area contributed by atoms with E-state index in [2.05, 4.69) is 24.8 Å². The van der Waals surface area contributed by atoms with E-state index in [0.29, 0.717) is 0 Å². The molecule has 0 aliphatic heterocycles. The third kappa shape index (κ3) is 3.27. The Hall–Kier alpha value is -1.64. The number of aromatic hydroxyl groups is 1. The van der Waals surface area contributed by atoms with Crippen molar-refractivity contribution in [3.8, 4) is 22.6 Å². The molecule has 0 spiro atoms. The second-order valence-electron chi connectivity index (χ2n) is 4.69. The van der Waals surface area contributed by atoms with Crippen molar-refractivity contribution in [3.05, 3.63) is 54.1 Å². The molecule has 2 rings (SSSR count). The molecule has 1 N–H and O–H groups in total. The van der Waals surface area contributed by atoms with Crippen molar-refractivity contribution < 1.29 is 28.4 Å². The zero-order chi connectivity index (χ0) is 14.0. The maximum Gasteiger partial charge on any atom is 0.126 e. The van der Waals surface area contributed by atoms with Crippen LogP contribution in [0.25, 0.3) is 16.7 Å². The normalized spacial score (nSPS) is 9.75. The van der Waals surface area contributed by atoms with Crippen molar-refractivity contribution in [2.75, 3.05) is 7.11 Å². The Kier molecular flexibility index (Phi) is 5.49. The molecule has 0 aliphatic rings. The Balaban J connectivity index is 0.00000200. The van der Waals surface area contributed by atoms with Gasteiger partial charge in [-0.1, -0.05) is 24.3 Å². The van der Waals surface area contributed by atoms with Gasteiger partial charge in [0, 0.05) is 24.1 Å². The molecule has 0 saturated carbocycles. The Morgan fingerprint density at radius 3 is 2.40 bits per heavy atom. The largest absolute Gasteiger partial charge is 0.508 e. The average Bonchev–Trinajstić information content (AvgIpc) is 2.39. The van der Waals surface area contributed by atoms with Crippen molar-refractivity contribution in [2.45, 2.75) is 13.8 Å². The van der Waals surface area contributed by atoms with Crippen LogP contribution in [0.15, 0.2) is 43.0 Å². The number of allylic oxidation sites excluding steroid dienone is 1. The van der Waals surface area contributed by atoms with Crippen LogP contribution < -0.4 is 4.74 Å². The molecule has 20 heavy (non-hydrogen) atoms. The predicted octanol–water partition coefficient (Wildman–Crippen LogP) is 4.41. The summed E-state index contributed by atoms with van der Waals surface area (Å²) in [5.74, 6) is 0.982. The average molecular weight is 305 g/mol. The van der Waals surface area contributed by atoms with Crippen molar-refractivity contribution >= 4 is 5.57 Å². The number of methoxy groups -OCH3 is 1. The van der Waals surface area contributed by atoms with E-state index in [-0.39, 0.29) is 24.3 Å². The molecule has 2 nitrogen and oxygen atoms in total. The van der Waals surface area contributed by atoms with Crippen LogP contribution in [0.1, 0.15) is 18.1 Å². The third-order valence-electron chi connectivity index (χ3n) is 3.20. The minimum absolute atomic E-state index is 0. The molecule has 0 bridgehead atoms. The fraction of sp³-hybridized carbons (Fsp3) is 0.176. The van der Waals surface area contributed by atoms with Crippen LogP contribution in [0.4, 0.5) is 0 Å². The molecule has 0 aliphatic carbocycles. The number of rotatable bonds is 3. The van der Waals surface area contributed by atoms with Gasteiger partial charge in [-0.05, 0) is 54.8 Å². The minimum atomic E-state index is 0. The molecule has 2 aromatic carbocycles. The Morgan fingerprint density at radius 1 is 1.10 bits per heavy atom. The van der Waals surface area contributed by atoms with Crippen LogP contribution in [0, 0.1) is 6.92 Å². The second kappa shape index (κ2) is 6.69. The fourth-order valence-electron chi connectivity index (χ4n) is 2.08. The number of ether oxygens (including phenoxy) is 1. The minimum Gasteiger partial charge on any atom is -0.508 e. The van der Waals surface area contributed by atoms with Crippen LogP contribution in [0.2, 0.25) is 0 Å². The summed E-state index contributed by atoms with van der Waals surface area (Å²) in [6.45, 7) is 7.99. The third-order valence-corrected chi connectivity index (χ3v) is 3.20. The Labute approximate surface area is 132 Å². The molecule has 0 saturated heterocycles. The first kappa shape index (κ1) is 16.4. The van der Waals surface area contributed by atoms with E-state index in [4.69, 9.17) is 4.74 Å². The van der Waals surface area contributed by atoms with Gasteiger partial charge in [-0.25, -0.2) is 0 Å². The van der Waals surface area contributed by atoms with E-state index in [9.17, 15) is 5.11 Å². The Morgan fingerprint density at radius 2 is 1.80 bits per heavy atom. The first-order valence-corrected chi connectivity index (χ1v) is 6.17. The molecule has 103 valence electrons. The molecule has 0 fully saturated rings. The van der Waals surface area contributed by atoms with E-state index >= 15 is 0 Å². The van der Waals surface area contributed by atoms with Gasteiger partial charge in [0.05, 0.1) is 7.11 Å². The molecule has 0 unspecified atom stereocenters. The van der Waals surface area contributed by atoms with Gasteiger partial charge in [0.2, 0.25) is 0 Å². The monoisotopic (exact) mass is 305 g/mol. The van der Waals surface area contributed by atoms with Crippen LogP contribution in [0.5, 0.6) is 11.5 Å². The van der Waals surface area contributed by atoms with E-state index in [1.165, 1.54) is 0 Å². The second-order valence-corrected chi connectivity index (χ2v) is 4.69. The summed E-state index contributed by atoms with van der Waals surface area (Å²) in [5.41, 5.74) is 5.18. The smallest absolute Gasteiger partial charge is 0.126 e. The molecule has 0 atom stereocenters. The molecule has 0 heterocycles. The van der Waals surface area contributed by atoms with E-state index in [1.54, 1.807) is 25.3 Å². The zero-order valence-electron chi connectivity index (χ0n) is 12.0. The maximum atomic E-state index is 9.69. The van der Waals surface area contributed by atoms with Gasteiger partial charge in [-0.2, -0.15) is 0 Å². The molecule has 2 aromatic rings. The summed E-state index contributed by atoms with van der Waals surface area (Å²) in [6.07, 6.45) is 0. The number of phenols is 1. The van der Waals surface area contributed by atoms with Crippen molar-refractivity contribution in [1.29, 1.82) is 0 Å².